The minimum absolute atomic E-state index is 0.127. The molecule has 0 radical (unpaired) electrons. The Balaban J connectivity index is 1.60. The molecule has 2 aliphatic rings. The van der Waals surface area contributed by atoms with Crippen molar-refractivity contribution in [3.05, 3.63) is 24.3 Å². The van der Waals surface area contributed by atoms with E-state index in [2.05, 4.69) is 4.90 Å². The van der Waals surface area contributed by atoms with Crippen LogP contribution in [0, 0.1) is 0 Å². The van der Waals surface area contributed by atoms with E-state index in [4.69, 9.17) is 15.2 Å². The number of hydrogen-bond donors (Lipinski definition) is 1. The van der Waals surface area contributed by atoms with E-state index >= 15 is 0 Å². The molecule has 1 aromatic carbocycles. The van der Waals surface area contributed by atoms with Crippen molar-refractivity contribution in [1.29, 1.82) is 0 Å². The van der Waals surface area contributed by atoms with Crippen LogP contribution >= 0.6 is 0 Å². The minimum Gasteiger partial charge on any atom is -0.486 e. The van der Waals surface area contributed by atoms with Crippen molar-refractivity contribution in [2.45, 2.75) is 12.1 Å². The van der Waals surface area contributed by atoms with E-state index in [1.54, 1.807) is 0 Å². The van der Waals surface area contributed by atoms with E-state index < -0.39 is 0 Å². The molecule has 2 aliphatic heterocycles. The van der Waals surface area contributed by atoms with Gasteiger partial charge < -0.3 is 15.2 Å². The minimum atomic E-state index is 0.127. The molecular formula is C12H16N2O2. The van der Waals surface area contributed by atoms with Gasteiger partial charge in [0.2, 0.25) is 0 Å². The second-order valence-electron chi connectivity index (χ2n) is 4.48. The van der Waals surface area contributed by atoms with Gasteiger partial charge in [0.1, 0.15) is 12.7 Å². The SMILES string of the molecule is NC1CN(CC2COc3ccccc3O2)C1. The summed E-state index contributed by atoms with van der Waals surface area (Å²) in [7, 11) is 0. The Kier molecular flexibility index (Phi) is 2.46. The number of ether oxygens (including phenoxy) is 2. The molecule has 0 aromatic heterocycles. The van der Waals surface area contributed by atoms with Crippen LogP contribution in [0.5, 0.6) is 11.5 Å². The van der Waals surface area contributed by atoms with Gasteiger partial charge in [-0.2, -0.15) is 0 Å². The number of para-hydroxylation sites is 2. The molecular weight excluding hydrogens is 204 g/mol. The highest BCUT2D eigenvalue weighted by molar-refractivity contribution is 5.40. The number of nitrogens with zero attached hydrogens (tertiary/aromatic N) is 1. The lowest BCUT2D eigenvalue weighted by Gasteiger charge is -2.39. The molecule has 0 saturated carbocycles. The molecule has 3 rings (SSSR count). The summed E-state index contributed by atoms with van der Waals surface area (Å²) in [6, 6.07) is 8.15. The highest BCUT2D eigenvalue weighted by Gasteiger charge is 2.28. The van der Waals surface area contributed by atoms with E-state index in [0.717, 1.165) is 31.1 Å². The third kappa shape index (κ3) is 1.86. The fourth-order valence-electron chi connectivity index (χ4n) is 2.20. The first-order valence-electron chi connectivity index (χ1n) is 5.67. The largest absolute Gasteiger partial charge is 0.486 e. The molecule has 0 amide bonds. The molecule has 0 aliphatic carbocycles. The number of rotatable bonds is 2. The molecule has 4 heteroatoms. The van der Waals surface area contributed by atoms with Gasteiger partial charge in [0.25, 0.3) is 0 Å². The molecule has 16 heavy (non-hydrogen) atoms. The maximum absolute atomic E-state index is 5.87. The number of nitrogens with two attached hydrogens (primary N) is 1. The Morgan fingerprint density at radius 2 is 2.00 bits per heavy atom. The van der Waals surface area contributed by atoms with Crippen molar-refractivity contribution in [1.82, 2.24) is 4.90 Å². The van der Waals surface area contributed by atoms with Crippen LogP contribution in [-0.2, 0) is 0 Å². The first-order chi connectivity index (χ1) is 7.81. The predicted octanol–water partition coefficient (Wildman–Crippen LogP) is 0.469. The third-order valence-corrected chi connectivity index (χ3v) is 3.01. The molecule has 0 bridgehead atoms. The van der Waals surface area contributed by atoms with E-state index in [1.807, 2.05) is 24.3 Å². The molecule has 86 valence electrons. The zero-order chi connectivity index (χ0) is 11.0. The lowest BCUT2D eigenvalue weighted by molar-refractivity contribution is 0.0333. The van der Waals surface area contributed by atoms with Gasteiger partial charge in [-0.15, -0.1) is 0 Å². The van der Waals surface area contributed by atoms with Crippen LogP contribution in [0.2, 0.25) is 0 Å². The quantitative estimate of drug-likeness (QED) is 0.787. The van der Waals surface area contributed by atoms with E-state index in [0.29, 0.717) is 12.6 Å². The van der Waals surface area contributed by atoms with Crippen molar-refractivity contribution in [3.63, 3.8) is 0 Å². The first-order valence-corrected chi connectivity index (χ1v) is 5.67. The highest BCUT2D eigenvalue weighted by Crippen LogP contribution is 2.31. The maximum atomic E-state index is 5.87. The second-order valence-corrected chi connectivity index (χ2v) is 4.48. The fraction of sp³-hybridized carbons (Fsp3) is 0.500. The number of hydrogen-bond acceptors (Lipinski definition) is 4. The average molecular weight is 220 g/mol. The molecule has 2 N–H and O–H groups in total. The first kappa shape index (κ1) is 9.93. The molecule has 1 aromatic rings. The zero-order valence-corrected chi connectivity index (χ0v) is 9.13. The normalized spacial score (nSPS) is 25.2. The van der Waals surface area contributed by atoms with Crippen LogP contribution < -0.4 is 15.2 Å². The van der Waals surface area contributed by atoms with E-state index in [9.17, 15) is 0 Å². The summed E-state index contributed by atoms with van der Waals surface area (Å²) < 4.78 is 11.5. The molecule has 1 saturated heterocycles. The zero-order valence-electron chi connectivity index (χ0n) is 9.13. The Labute approximate surface area is 94.9 Å². The Morgan fingerprint density at radius 3 is 2.75 bits per heavy atom. The standard InChI is InChI=1S/C12H16N2O2/c13-9-5-14(6-9)7-10-8-15-11-3-1-2-4-12(11)16-10/h1-4,9-10H,5-8,13H2. The Hall–Kier alpha value is -1.26. The number of benzene rings is 1. The molecule has 4 nitrogen and oxygen atoms in total. The van der Waals surface area contributed by atoms with Crippen molar-refractivity contribution in [2.75, 3.05) is 26.2 Å². The molecule has 0 spiro atoms. The summed E-state index contributed by atoms with van der Waals surface area (Å²) in [5, 5.41) is 0. The van der Waals surface area contributed by atoms with Gasteiger partial charge in [-0.25, -0.2) is 0 Å². The monoisotopic (exact) mass is 220 g/mol. The van der Waals surface area contributed by atoms with Gasteiger partial charge in [-0.05, 0) is 12.1 Å². The topological polar surface area (TPSA) is 47.7 Å². The highest BCUT2D eigenvalue weighted by atomic mass is 16.6. The van der Waals surface area contributed by atoms with Crippen LogP contribution in [0.1, 0.15) is 0 Å². The van der Waals surface area contributed by atoms with Crippen molar-refractivity contribution < 1.29 is 9.47 Å². The summed E-state index contributed by atoms with van der Waals surface area (Å²) in [5.74, 6) is 1.70. The van der Waals surface area contributed by atoms with E-state index in [1.165, 1.54) is 0 Å². The molecule has 1 fully saturated rings. The lowest BCUT2D eigenvalue weighted by atomic mass is 10.1. The maximum Gasteiger partial charge on any atom is 0.161 e. The average Bonchev–Trinajstić information content (AvgIpc) is 2.27. The van der Waals surface area contributed by atoms with Gasteiger partial charge in [0.05, 0.1) is 0 Å². The van der Waals surface area contributed by atoms with Crippen LogP contribution in [0.4, 0.5) is 0 Å². The van der Waals surface area contributed by atoms with Crippen molar-refractivity contribution in [2.24, 2.45) is 5.73 Å². The molecule has 2 heterocycles. The second kappa shape index (κ2) is 3.96. The molecule has 1 unspecified atom stereocenters. The summed E-state index contributed by atoms with van der Waals surface area (Å²) in [6.07, 6.45) is 0.127. The fourth-order valence-corrected chi connectivity index (χ4v) is 2.20. The summed E-state index contributed by atoms with van der Waals surface area (Å²) in [4.78, 5) is 2.30. The van der Waals surface area contributed by atoms with Crippen LogP contribution in [0.3, 0.4) is 0 Å². The summed E-state index contributed by atoms with van der Waals surface area (Å²) >= 11 is 0. The smallest absolute Gasteiger partial charge is 0.161 e. The van der Waals surface area contributed by atoms with Gasteiger partial charge in [0.15, 0.2) is 11.5 Å². The molecule has 1 atom stereocenters. The third-order valence-electron chi connectivity index (χ3n) is 3.01. The predicted molar refractivity (Wildman–Crippen MR) is 60.8 cm³/mol. The van der Waals surface area contributed by atoms with Crippen LogP contribution in [0.15, 0.2) is 24.3 Å². The van der Waals surface area contributed by atoms with Gasteiger partial charge >= 0.3 is 0 Å². The summed E-state index contributed by atoms with van der Waals surface area (Å²) in [5.41, 5.74) is 5.74. The summed E-state index contributed by atoms with van der Waals surface area (Å²) in [6.45, 7) is 3.48. The van der Waals surface area contributed by atoms with Crippen LogP contribution in [0.25, 0.3) is 0 Å². The van der Waals surface area contributed by atoms with Crippen molar-refractivity contribution in [3.8, 4) is 11.5 Å². The van der Waals surface area contributed by atoms with Gasteiger partial charge in [-0.3, -0.25) is 4.90 Å². The van der Waals surface area contributed by atoms with Crippen molar-refractivity contribution >= 4 is 0 Å². The Morgan fingerprint density at radius 1 is 1.25 bits per heavy atom. The number of likely N-dealkylation sites (tertiary alicyclic amines) is 1. The van der Waals surface area contributed by atoms with Gasteiger partial charge in [0, 0.05) is 25.7 Å². The Bertz CT molecular complexity index is 377. The lowest BCUT2D eigenvalue weighted by Crippen LogP contribution is -2.58. The van der Waals surface area contributed by atoms with Crippen LogP contribution in [-0.4, -0.2) is 43.3 Å². The van der Waals surface area contributed by atoms with E-state index in [-0.39, 0.29) is 6.10 Å². The van der Waals surface area contributed by atoms with Gasteiger partial charge in [-0.1, -0.05) is 12.1 Å². The number of fused-ring (bicyclic) bond motifs is 1.